The number of halogens is 2. The number of rotatable bonds is 5. The van der Waals surface area contributed by atoms with Crippen LogP contribution in [0, 0.1) is 11.6 Å². The number of thiophene rings is 2. The van der Waals surface area contributed by atoms with E-state index in [4.69, 9.17) is 0 Å². The molecule has 0 saturated heterocycles. The van der Waals surface area contributed by atoms with Gasteiger partial charge >= 0.3 is 0 Å². The van der Waals surface area contributed by atoms with Crippen molar-refractivity contribution < 1.29 is 13.6 Å². The van der Waals surface area contributed by atoms with Crippen molar-refractivity contribution in [3.05, 3.63) is 79.7 Å². The van der Waals surface area contributed by atoms with Crippen LogP contribution in [0.3, 0.4) is 0 Å². The second kappa shape index (κ2) is 8.11. The molecule has 0 aliphatic carbocycles. The minimum absolute atomic E-state index is 0.0682. The van der Waals surface area contributed by atoms with Gasteiger partial charge in [0.05, 0.1) is 18.6 Å². The van der Waals surface area contributed by atoms with Crippen LogP contribution in [-0.2, 0) is 11.2 Å². The Morgan fingerprint density at radius 1 is 1.25 bits per heavy atom. The lowest BCUT2D eigenvalue weighted by Crippen LogP contribution is -2.43. The number of nitrogens with one attached hydrogen (secondary N) is 1. The third-order valence-corrected chi connectivity index (χ3v) is 6.95. The molecule has 0 radical (unpaired) electrons. The summed E-state index contributed by atoms with van der Waals surface area (Å²) >= 11 is 3.45. The third-order valence-electron chi connectivity index (χ3n) is 5.03. The summed E-state index contributed by atoms with van der Waals surface area (Å²) in [6.45, 7) is 2.73. The molecule has 1 aliphatic rings. The molecule has 1 N–H and O–H groups in total. The fraction of sp³-hybridized carbons (Fsp3) is 0.286. The SMILES string of the molecule is C[C@H](NC(=O)CN1CCc2sccc2[C@@H]1c1cccs1)c1ccc(F)cc1F. The third kappa shape index (κ3) is 3.87. The maximum atomic E-state index is 14.0. The molecule has 3 aromatic rings. The average Bonchev–Trinajstić information content (AvgIpc) is 3.33. The van der Waals surface area contributed by atoms with Crippen LogP contribution in [-0.4, -0.2) is 23.9 Å². The van der Waals surface area contributed by atoms with Gasteiger partial charge in [-0.1, -0.05) is 12.1 Å². The topological polar surface area (TPSA) is 32.3 Å². The Labute approximate surface area is 170 Å². The van der Waals surface area contributed by atoms with E-state index in [0.717, 1.165) is 19.0 Å². The zero-order valence-electron chi connectivity index (χ0n) is 15.3. The monoisotopic (exact) mass is 418 g/mol. The molecule has 3 heterocycles. The standard InChI is InChI=1S/C21H20F2N2OS2/c1-13(15-5-4-14(22)11-17(15)23)24-20(26)12-25-8-6-18-16(7-10-28-18)21(25)19-3-2-9-27-19/h2-5,7,9-11,13,21H,6,8,12H2,1H3,(H,24,26)/t13-,21+/m0/s1. The minimum atomic E-state index is -0.648. The van der Waals surface area contributed by atoms with E-state index in [-0.39, 0.29) is 24.1 Å². The fourth-order valence-corrected chi connectivity index (χ4v) is 5.50. The molecule has 0 saturated carbocycles. The lowest BCUT2D eigenvalue weighted by atomic mass is 9.98. The molecule has 1 aromatic carbocycles. The van der Waals surface area contributed by atoms with Crippen LogP contribution >= 0.6 is 22.7 Å². The second-order valence-electron chi connectivity index (χ2n) is 6.89. The Bertz CT molecular complexity index is 971. The van der Waals surface area contributed by atoms with E-state index in [1.807, 2.05) is 11.4 Å². The smallest absolute Gasteiger partial charge is 0.234 e. The van der Waals surface area contributed by atoms with Crippen LogP contribution < -0.4 is 5.32 Å². The first-order valence-electron chi connectivity index (χ1n) is 9.11. The van der Waals surface area contributed by atoms with Crippen molar-refractivity contribution in [1.82, 2.24) is 10.2 Å². The first kappa shape index (κ1) is 19.2. The molecule has 0 spiro atoms. The normalized spacial score (nSPS) is 17.9. The van der Waals surface area contributed by atoms with E-state index in [0.29, 0.717) is 0 Å². The highest BCUT2D eigenvalue weighted by atomic mass is 32.1. The predicted molar refractivity (Wildman–Crippen MR) is 109 cm³/mol. The number of carbonyl (C=O) groups excluding carboxylic acids is 1. The number of hydrogen-bond acceptors (Lipinski definition) is 4. The van der Waals surface area contributed by atoms with Gasteiger partial charge in [0, 0.05) is 27.9 Å². The summed E-state index contributed by atoms with van der Waals surface area (Å²) in [6, 6.07) is 9.23. The maximum absolute atomic E-state index is 14.0. The molecule has 1 aliphatic heterocycles. The lowest BCUT2D eigenvalue weighted by Gasteiger charge is -2.35. The molecule has 4 rings (SSSR count). The van der Waals surface area contributed by atoms with E-state index < -0.39 is 17.7 Å². The Balaban J connectivity index is 1.49. The summed E-state index contributed by atoms with van der Waals surface area (Å²) in [4.78, 5) is 17.5. The Hall–Kier alpha value is -2.09. The molecule has 2 atom stereocenters. The number of amides is 1. The molecule has 1 amide bonds. The second-order valence-corrected chi connectivity index (χ2v) is 8.87. The first-order chi connectivity index (χ1) is 13.5. The van der Waals surface area contributed by atoms with Gasteiger partial charge in [0.1, 0.15) is 11.6 Å². The van der Waals surface area contributed by atoms with Gasteiger partial charge in [-0.3, -0.25) is 9.69 Å². The van der Waals surface area contributed by atoms with Gasteiger partial charge in [-0.2, -0.15) is 0 Å². The van der Waals surface area contributed by atoms with Crippen LogP contribution in [0.15, 0.2) is 47.2 Å². The van der Waals surface area contributed by atoms with Crippen LogP contribution in [0.5, 0.6) is 0 Å². The summed E-state index contributed by atoms with van der Waals surface area (Å²) in [7, 11) is 0. The van der Waals surface area contributed by atoms with Gasteiger partial charge in [-0.15, -0.1) is 22.7 Å². The fourth-order valence-electron chi connectivity index (χ4n) is 3.72. The summed E-state index contributed by atoms with van der Waals surface area (Å²) in [5, 5.41) is 7.00. The Kier molecular flexibility index (Phi) is 5.57. The largest absolute Gasteiger partial charge is 0.348 e. The summed E-state index contributed by atoms with van der Waals surface area (Å²) in [5.41, 5.74) is 1.55. The Morgan fingerprint density at radius 3 is 2.86 bits per heavy atom. The van der Waals surface area contributed by atoms with E-state index in [2.05, 4.69) is 27.7 Å². The number of fused-ring (bicyclic) bond motifs is 1. The summed E-state index contributed by atoms with van der Waals surface area (Å²) < 4.78 is 27.1. The maximum Gasteiger partial charge on any atom is 0.234 e. The van der Waals surface area contributed by atoms with Crippen molar-refractivity contribution in [2.45, 2.75) is 25.4 Å². The molecule has 28 heavy (non-hydrogen) atoms. The van der Waals surface area contributed by atoms with Crippen LogP contribution in [0.4, 0.5) is 8.78 Å². The quantitative estimate of drug-likeness (QED) is 0.638. The van der Waals surface area contributed by atoms with Gasteiger partial charge < -0.3 is 5.32 Å². The average molecular weight is 419 g/mol. The molecule has 7 heteroatoms. The highest BCUT2D eigenvalue weighted by molar-refractivity contribution is 7.10. The van der Waals surface area contributed by atoms with Gasteiger partial charge in [0.2, 0.25) is 5.91 Å². The van der Waals surface area contributed by atoms with Gasteiger partial charge in [-0.05, 0) is 47.9 Å². The highest BCUT2D eigenvalue weighted by Gasteiger charge is 2.31. The minimum Gasteiger partial charge on any atom is -0.348 e. The molecule has 0 bridgehead atoms. The van der Waals surface area contributed by atoms with Crippen LogP contribution in [0.25, 0.3) is 0 Å². The zero-order chi connectivity index (χ0) is 19.7. The molecule has 2 aromatic heterocycles. The van der Waals surface area contributed by atoms with Crippen molar-refractivity contribution >= 4 is 28.6 Å². The lowest BCUT2D eigenvalue weighted by molar-refractivity contribution is -0.123. The molecule has 146 valence electrons. The number of benzene rings is 1. The molecular formula is C21H20F2N2OS2. The van der Waals surface area contributed by atoms with E-state index in [1.54, 1.807) is 29.6 Å². The van der Waals surface area contributed by atoms with Gasteiger partial charge in [-0.25, -0.2) is 8.78 Å². The summed E-state index contributed by atoms with van der Waals surface area (Å²) in [6.07, 6.45) is 0.921. The number of carbonyl (C=O) groups is 1. The van der Waals surface area contributed by atoms with Crippen molar-refractivity contribution in [3.63, 3.8) is 0 Å². The molecule has 0 fully saturated rings. The number of hydrogen-bond donors (Lipinski definition) is 1. The van der Waals surface area contributed by atoms with Crippen molar-refractivity contribution in [2.75, 3.05) is 13.1 Å². The van der Waals surface area contributed by atoms with Crippen LogP contribution in [0.2, 0.25) is 0 Å². The van der Waals surface area contributed by atoms with E-state index >= 15 is 0 Å². The Morgan fingerprint density at radius 2 is 2.11 bits per heavy atom. The van der Waals surface area contributed by atoms with Gasteiger partial charge in [0.15, 0.2) is 0 Å². The first-order valence-corrected chi connectivity index (χ1v) is 10.9. The van der Waals surface area contributed by atoms with Crippen molar-refractivity contribution in [1.29, 1.82) is 0 Å². The number of nitrogens with zero attached hydrogens (tertiary/aromatic N) is 1. The molecule has 3 nitrogen and oxygen atoms in total. The predicted octanol–water partition coefficient (Wildman–Crippen LogP) is 4.91. The highest BCUT2D eigenvalue weighted by Crippen LogP contribution is 2.39. The van der Waals surface area contributed by atoms with E-state index in [9.17, 15) is 13.6 Å². The van der Waals surface area contributed by atoms with E-state index in [1.165, 1.54) is 27.5 Å². The van der Waals surface area contributed by atoms with Gasteiger partial charge in [0.25, 0.3) is 0 Å². The summed E-state index contributed by atoms with van der Waals surface area (Å²) in [5.74, 6) is -1.44. The van der Waals surface area contributed by atoms with Crippen molar-refractivity contribution in [3.8, 4) is 0 Å². The molecule has 0 unspecified atom stereocenters. The van der Waals surface area contributed by atoms with Crippen LogP contribution in [0.1, 0.15) is 39.9 Å². The zero-order valence-corrected chi connectivity index (χ0v) is 17.0. The van der Waals surface area contributed by atoms with Crippen molar-refractivity contribution in [2.24, 2.45) is 0 Å². The molecular weight excluding hydrogens is 398 g/mol.